The number of rotatable bonds is 2. The first kappa shape index (κ1) is 13.9. The molecule has 0 saturated carbocycles. The minimum atomic E-state index is -1.30. The van der Waals surface area contributed by atoms with Gasteiger partial charge in [0.1, 0.15) is 0 Å². The summed E-state index contributed by atoms with van der Waals surface area (Å²) >= 11 is 0. The number of hydrogen-bond donors (Lipinski definition) is 1. The van der Waals surface area contributed by atoms with E-state index in [-0.39, 0.29) is 16.1 Å². The zero-order chi connectivity index (χ0) is 14.5. The van der Waals surface area contributed by atoms with Gasteiger partial charge in [0, 0.05) is 21.3 Å². The van der Waals surface area contributed by atoms with E-state index in [1.807, 2.05) is 0 Å². The zero-order valence-corrected chi connectivity index (χ0v) is 11.9. The van der Waals surface area contributed by atoms with Gasteiger partial charge >= 0.3 is 0 Å². The summed E-state index contributed by atoms with van der Waals surface area (Å²) in [6.45, 7) is 0. The van der Waals surface area contributed by atoms with Gasteiger partial charge in [0.2, 0.25) is 0 Å². The van der Waals surface area contributed by atoms with E-state index in [1.54, 1.807) is 0 Å². The predicted octanol–water partition coefficient (Wildman–Crippen LogP) is 2.23. The summed E-state index contributed by atoms with van der Waals surface area (Å²) in [4.78, 5) is 0. The number of methoxy groups -OCH3 is 1. The maximum absolute atomic E-state index is 13.8. The Kier molecular flexibility index (Phi) is 3.33. The van der Waals surface area contributed by atoms with Gasteiger partial charge in [-0.05, 0) is 43.4 Å². The molecule has 2 aliphatic rings. The van der Waals surface area contributed by atoms with E-state index in [2.05, 4.69) is 4.74 Å². The molecule has 2 saturated heterocycles. The third kappa shape index (κ3) is 2.05. The highest BCUT2D eigenvalue weighted by atomic mass is 32.2. The van der Waals surface area contributed by atoms with E-state index < -0.39 is 33.8 Å². The van der Waals surface area contributed by atoms with E-state index in [0.717, 1.165) is 25.0 Å². The van der Waals surface area contributed by atoms with E-state index in [0.29, 0.717) is 12.8 Å². The van der Waals surface area contributed by atoms with Crippen LogP contribution in [0.15, 0.2) is 12.1 Å². The van der Waals surface area contributed by atoms with Gasteiger partial charge in [0.25, 0.3) is 0 Å². The number of halogens is 2. The van der Waals surface area contributed by atoms with E-state index in [1.165, 1.54) is 7.11 Å². The van der Waals surface area contributed by atoms with Gasteiger partial charge < -0.3 is 9.84 Å². The molecule has 0 aliphatic carbocycles. The van der Waals surface area contributed by atoms with Gasteiger partial charge in [0.05, 0.1) is 12.7 Å². The molecule has 2 aliphatic heterocycles. The Labute approximate surface area is 118 Å². The van der Waals surface area contributed by atoms with Gasteiger partial charge in [-0.3, -0.25) is 4.21 Å². The molecule has 2 heterocycles. The van der Waals surface area contributed by atoms with Crippen molar-refractivity contribution in [2.24, 2.45) is 0 Å². The number of benzene rings is 1. The van der Waals surface area contributed by atoms with Gasteiger partial charge in [0.15, 0.2) is 17.4 Å². The quantitative estimate of drug-likeness (QED) is 0.911. The summed E-state index contributed by atoms with van der Waals surface area (Å²) in [5.41, 5.74) is -1.09. The van der Waals surface area contributed by atoms with Crippen molar-refractivity contribution in [3.05, 3.63) is 29.3 Å². The molecule has 0 aromatic heterocycles. The predicted molar refractivity (Wildman–Crippen MR) is 71.0 cm³/mol. The first-order chi connectivity index (χ1) is 9.44. The van der Waals surface area contributed by atoms with Gasteiger partial charge in [-0.1, -0.05) is 0 Å². The monoisotopic (exact) mass is 302 g/mol. The van der Waals surface area contributed by atoms with Crippen molar-refractivity contribution >= 4 is 10.8 Å². The van der Waals surface area contributed by atoms with Crippen molar-refractivity contribution in [2.45, 2.75) is 41.8 Å². The van der Waals surface area contributed by atoms with Crippen LogP contribution >= 0.6 is 0 Å². The highest BCUT2D eigenvalue weighted by Crippen LogP contribution is 2.46. The van der Waals surface area contributed by atoms with Crippen molar-refractivity contribution < 1.29 is 22.8 Å². The molecule has 0 radical (unpaired) electrons. The second-order valence-corrected chi connectivity index (χ2v) is 7.55. The lowest BCUT2D eigenvalue weighted by atomic mass is 9.85. The standard InChI is InChI=1S/C14H16F2O3S/c1-19-13-11(15)4-8(5-12(13)16)14(17)6-9-2-3-10(7-14)20(9)18/h4-5,9-10,17H,2-3,6-7H2,1H3. The average Bonchev–Trinajstić information content (AvgIpc) is 2.62. The third-order valence-corrected chi connectivity index (χ3v) is 6.46. The lowest BCUT2D eigenvalue weighted by molar-refractivity contribution is 0.0178. The molecule has 3 rings (SSSR count). The lowest BCUT2D eigenvalue weighted by Gasteiger charge is -2.36. The maximum atomic E-state index is 13.8. The van der Waals surface area contributed by atoms with E-state index in [9.17, 15) is 18.1 Å². The molecule has 0 spiro atoms. The average molecular weight is 302 g/mol. The fourth-order valence-corrected chi connectivity index (χ4v) is 5.50. The number of fused-ring (bicyclic) bond motifs is 2. The lowest BCUT2D eigenvalue weighted by Crippen LogP contribution is -2.40. The molecule has 2 unspecified atom stereocenters. The van der Waals surface area contributed by atoms with Crippen LogP contribution in [0.5, 0.6) is 5.75 Å². The van der Waals surface area contributed by atoms with Crippen LogP contribution in [0.4, 0.5) is 8.78 Å². The smallest absolute Gasteiger partial charge is 0.190 e. The van der Waals surface area contributed by atoms with Crippen molar-refractivity contribution in [2.75, 3.05) is 7.11 Å². The van der Waals surface area contributed by atoms with Crippen LogP contribution < -0.4 is 4.74 Å². The Morgan fingerprint density at radius 1 is 1.25 bits per heavy atom. The molecule has 2 atom stereocenters. The first-order valence-electron chi connectivity index (χ1n) is 6.60. The Morgan fingerprint density at radius 3 is 2.20 bits per heavy atom. The van der Waals surface area contributed by atoms with Crippen molar-refractivity contribution in [3.8, 4) is 5.75 Å². The topological polar surface area (TPSA) is 46.5 Å². The third-order valence-electron chi connectivity index (χ3n) is 4.34. The molecular formula is C14H16F2O3S. The number of ether oxygens (including phenoxy) is 1. The van der Waals surface area contributed by atoms with E-state index >= 15 is 0 Å². The molecule has 1 aromatic carbocycles. The second-order valence-electron chi connectivity index (χ2n) is 5.56. The molecular weight excluding hydrogens is 286 g/mol. The first-order valence-corrected chi connectivity index (χ1v) is 7.87. The Morgan fingerprint density at radius 2 is 1.75 bits per heavy atom. The normalized spacial score (nSPS) is 36.1. The van der Waals surface area contributed by atoms with Crippen molar-refractivity contribution in [1.29, 1.82) is 0 Å². The zero-order valence-electron chi connectivity index (χ0n) is 11.1. The Hall–Kier alpha value is -1.01. The molecule has 20 heavy (non-hydrogen) atoms. The largest absolute Gasteiger partial charge is 0.491 e. The van der Waals surface area contributed by atoms with Gasteiger partial charge in [-0.15, -0.1) is 0 Å². The fourth-order valence-electron chi connectivity index (χ4n) is 3.34. The Bertz CT molecular complexity index is 537. The van der Waals surface area contributed by atoms with Crippen molar-refractivity contribution in [1.82, 2.24) is 0 Å². The minimum Gasteiger partial charge on any atom is -0.491 e. The molecule has 110 valence electrons. The van der Waals surface area contributed by atoms with Crippen LogP contribution in [0, 0.1) is 11.6 Å². The summed E-state index contributed by atoms with van der Waals surface area (Å²) < 4.78 is 44.2. The van der Waals surface area contributed by atoms with Gasteiger partial charge in [-0.25, -0.2) is 8.78 Å². The molecule has 3 nitrogen and oxygen atoms in total. The molecule has 2 fully saturated rings. The van der Waals surface area contributed by atoms with Crippen LogP contribution in [-0.2, 0) is 16.4 Å². The molecule has 6 heteroatoms. The van der Waals surface area contributed by atoms with Crippen LogP contribution in [0.2, 0.25) is 0 Å². The van der Waals surface area contributed by atoms with Crippen molar-refractivity contribution in [3.63, 3.8) is 0 Å². The SMILES string of the molecule is COc1c(F)cc(C2(O)CC3CCC(C2)S3=O)cc1F. The second kappa shape index (κ2) is 4.77. The van der Waals surface area contributed by atoms with Crippen LogP contribution in [0.25, 0.3) is 0 Å². The minimum absolute atomic E-state index is 0.0769. The summed E-state index contributed by atoms with van der Waals surface area (Å²) in [7, 11) is 0.266. The number of hydrogen-bond acceptors (Lipinski definition) is 3. The number of aliphatic hydroxyl groups is 1. The van der Waals surface area contributed by atoms with Crippen LogP contribution in [0.3, 0.4) is 0 Å². The maximum Gasteiger partial charge on any atom is 0.190 e. The summed E-state index contributed by atoms with van der Waals surface area (Å²) in [6.07, 6.45) is 2.20. The molecule has 0 amide bonds. The Balaban J connectivity index is 1.99. The highest BCUT2D eigenvalue weighted by molar-refractivity contribution is 7.86. The van der Waals surface area contributed by atoms with Crippen LogP contribution in [0.1, 0.15) is 31.2 Å². The van der Waals surface area contributed by atoms with Crippen LogP contribution in [-0.4, -0.2) is 26.9 Å². The van der Waals surface area contributed by atoms with Gasteiger partial charge in [-0.2, -0.15) is 0 Å². The van der Waals surface area contributed by atoms with E-state index in [4.69, 9.17) is 0 Å². The summed E-state index contributed by atoms with van der Waals surface area (Å²) in [5.74, 6) is -2.09. The molecule has 1 N–H and O–H groups in total. The summed E-state index contributed by atoms with van der Waals surface area (Å²) in [5, 5.41) is 10.6. The highest BCUT2D eigenvalue weighted by Gasteiger charge is 2.48. The summed E-state index contributed by atoms with van der Waals surface area (Å²) in [6, 6.07) is 2.24. The molecule has 1 aromatic rings. The molecule has 2 bridgehead atoms. The fraction of sp³-hybridized carbons (Fsp3) is 0.571.